The van der Waals surface area contributed by atoms with Crippen LogP contribution in [0.4, 0.5) is 0 Å². The van der Waals surface area contributed by atoms with Crippen molar-refractivity contribution in [3.8, 4) is 11.1 Å². The summed E-state index contributed by atoms with van der Waals surface area (Å²) in [4.78, 5) is 0. The number of halogens is 2. The fourth-order valence-corrected chi connectivity index (χ4v) is 5.35. The maximum absolute atomic E-state index is 6.80. The number of hydrogen-bond donors (Lipinski definition) is 0. The molecule has 0 saturated carbocycles. The molecule has 4 aromatic rings. The Morgan fingerprint density at radius 1 is 0.593 bits per heavy atom. The van der Waals surface area contributed by atoms with Gasteiger partial charge in [-0.25, -0.2) is 0 Å². The van der Waals surface area contributed by atoms with Gasteiger partial charge in [0.25, 0.3) is 0 Å². The Kier molecular flexibility index (Phi) is 3.96. The van der Waals surface area contributed by atoms with Crippen molar-refractivity contribution in [1.29, 1.82) is 0 Å². The van der Waals surface area contributed by atoms with Crippen LogP contribution in [0.3, 0.4) is 0 Å². The summed E-state index contributed by atoms with van der Waals surface area (Å²) in [6.07, 6.45) is 0. The van der Waals surface area contributed by atoms with Gasteiger partial charge in [0.05, 0.1) is 5.41 Å². The summed E-state index contributed by atoms with van der Waals surface area (Å²) in [6, 6.07) is 34.0. The third kappa shape index (κ3) is 2.29. The zero-order chi connectivity index (χ0) is 18.4. The zero-order valence-electron chi connectivity index (χ0n) is 14.5. The second kappa shape index (κ2) is 6.37. The third-order valence-corrected chi connectivity index (χ3v) is 6.49. The highest BCUT2D eigenvalue weighted by molar-refractivity contribution is 9.10. The molecule has 27 heavy (non-hydrogen) atoms. The van der Waals surface area contributed by atoms with E-state index in [1.54, 1.807) is 0 Å². The Hall–Kier alpha value is -2.35. The number of rotatable bonds is 2. The minimum Gasteiger partial charge on any atom is -0.0840 e. The van der Waals surface area contributed by atoms with E-state index < -0.39 is 5.41 Å². The summed E-state index contributed by atoms with van der Waals surface area (Å²) in [5, 5.41) is 0.781. The van der Waals surface area contributed by atoms with Gasteiger partial charge < -0.3 is 0 Å². The largest absolute Gasteiger partial charge is 0.0840 e. The number of fused-ring (bicyclic) bond motifs is 3. The molecule has 1 atom stereocenters. The second-order valence-corrected chi connectivity index (χ2v) is 8.07. The normalized spacial score (nSPS) is 17.4. The molecule has 0 radical (unpaired) electrons. The van der Waals surface area contributed by atoms with Crippen molar-refractivity contribution >= 4 is 27.5 Å². The highest BCUT2D eigenvalue weighted by Gasteiger charge is 2.47. The lowest BCUT2D eigenvalue weighted by atomic mass is 9.68. The molecule has 2 heteroatoms. The zero-order valence-corrected chi connectivity index (χ0v) is 16.8. The molecule has 130 valence electrons. The first-order valence-electron chi connectivity index (χ1n) is 8.94. The third-order valence-electron chi connectivity index (χ3n) is 5.50. The van der Waals surface area contributed by atoms with E-state index >= 15 is 0 Å². The average molecular weight is 432 g/mol. The molecule has 1 aliphatic rings. The van der Waals surface area contributed by atoms with Crippen LogP contribution in [-0.2, 0) is 5.41 Å². The predicted octanol–water partition coefficient (Wildman–Crippen LogP) is 7.47. The van der Waals surface area contributed by atoms with Crippen LogP contribution in [0.2, 0.25) is 5.02 Å². The maximum atomic E-state index is 6.80. The van der Waals surface area contributed by atoms with E-state index in [4.69, 9.17) is 11.6 Å². The highest BCUT2D eigenvalue weighted by Crippen LogP contribution is 2.58. The van der Waals surface area contributed by atoms with Gasteiger partial charge in [0.2, 0.25) is 0 Å². The first-order chi connectivity index (χ1) is 13.2. The standard InChI is InChI=1S/C25H16BrCl/c26-22-15-8-14-21-24(22)18-11-4-5-12-19(18)25(21,17-9-2-1-3-10-17)20-13-6-7-16-23(20)27/h1-16H. The van der Waals surface area contributed by atoms with Crippen molar-refractivity contribution in [2.24, 2.45) is 0 Å². The summed E-state index contributed by atoms with van der Waals surface area (Å²) in [7, 11) is 0. The summed E-state index contributed by atoms with van der Waals surface area (Å²) in [5.41, 5.74) is 6.93. The van der Waals surface area contributed by atoms with Crippen LogP contribution in [0.15, 0.2) is 102 Å². The molecule has 4 aromatic carbocycles. The Morgan fingerprint density at radius 2 is 1.22 bits per heavy atom. The summed E-state index contributed by atoms with van der Waals surface area (Å²) in [5.74, 6) is 0. The molecule has 1 aliphatic carbocycles. The van der Waals surface area contributed by atoms with Gasteiger partial charge in [0.1, 0.15) is 0 Å². The Morgan fingerprint density at radius 3 is 2.00 bits per heavy atom. The van der Waals surface area contributed by atoms with Crippen molar-refractivity contribution < 1.29 is 0 Å². The van der Waals surface area contributed by atoms with Gasteiger partial charge in [-0.2, -0.15) is 0 Å². The number of hydrogen-bond acceptors (Lipinski definition) is 0. The average Bonchev–Trinajstić information content (AvgIpc) is 3.01. The van der Waals surface area contributed by atoms with E-state index in [1.165, 1.54) is 27.8 Å². The lowest BCUT2D eigenvalue weighted by Crippen LogP contribution is -2.28. The van der Waals surface area contributed by atoms with Gasteiger partial charge in [-0.1, -0.05) is 112 Å². The molecule has 0 N–H and O–H groups in total. The predicted molar refractivity (Wildman–Crippen MR) is 116 cm³/mol. The minimum atomic E-state index is -0.435. The van der Waals surface area contributed by atoms with Gasteiger partial charge in [0, 0.05) is 15.1 Å². The van der Waals surface area contributed by atoms with Gasteiger partial charge in [0.15, 0.2) is 0 Å². The fourth-order valence-electron chi connectivity index (χ4n) is 4.49. The Bertz CT molecular complexity index is 1150. The Balaban J connectivity index is 2.02. The molecule has 0 fully saturated rings. The molecule has 0 aromatic heterocycles. The molecule has 1 unspecified atom stereocenters. The molecule has 0 amide bonds. The molecule has 5 rings (SSSR count). The van der Waals surface area contributed by atoms with E-state index in [2.05, 4.69) is 101 Å². The van der Waals surface area contributed by atoms with Crippen LogP contribution in [0.1, 0.15) is 22.3 Å². The molecule has 0 spiro atoms. The summed E-state index contributed by atoms with van der Waals surface area (Å²) in [6.45, 7) is 0. The van der Waals surface area contributed by atoms with Crippen molar-refractivity contribution in [2.45, 2.75) is 5.41 Å². The lowest BCUT2D eigenvalue weighted by molar-refractivity contribution is 0.768. The van der Waals surface area contributed by atoms with Crippen LogP contribution in [0.5, 0.6) is 0 Å². The summed E-state index contributed by atoms with van der Waals surface area (Å²) < 4.78 is 1.11. The van der Waals surface area contributed by atoms with Crippen LogP contribution >= 0.6 is 27.5 Å². The van der Waals surface area contributed by atoms with Crippen molar-refractivity contribution in [3.63, 3.8) is 0 Å². The van der Waals surface area contributed by atoms with Crippen LogP contribution < -0.4 is 0 Å². The van der Waals surface area contributed by atoms with Crippen LogP contribution in [0.25, 0.3) is 11.1 Å². The highest BCUT2D eigenvalue weighted by atomic mass is 79.9. The van der Waals surface area contributed by atoms with Crippen molar-refractivity contribution in [3.05, 3.63) is 129 Å². The SMILES string of the molecule is Clc1ccccc1C1(c2ccccc2)c2ccccc2-c2c(Br)cccc21. The molecule has 0 heterocycles. The first kappa shape index (κ1) is 16.8. The van der Waals surface area contributed by atoms with E-state index in [9.17, 15) is 0 Å². The molecule has 0 nitrogen and oxygen atoms in total. The molecule has 0 saturated heterocycles. The van der Waals surface area contributed by atoms with E-state index in [1.807, 2.05) is 12.1 Å². The van der Waals surface area contributed by atoms with Gasteiger partial charge in [-0.15, -0.1) is 0 Å². The van der Waals surface area contributed by atoms with Gasteiger partial charge in [-0.05, 0) is 39.9 Å². The smallest absolute Gasteiger partial charge is 0.0728 e. The topological polar surface area (TPSA) is 0 Å². The quantitative estimate of drug-likeness (QED) is 0.272. The van der Waals surface area contributed by atoms with E-state index in [-0.39, 0.29) is 0 Å². The molecule has 0 aliphatic heterocycles. The van der Waals surface area contributed by atoms with Crippen LogP contribution in [-0.4, -0.2) is 0 Å². The number of benzene rings is 4. The maximum Gasteiger partial charge on any atom is 0.0728 e. The lowest BCUT2D eigenvalue weighted by Gasteiger charge is -2.34. The monoisotopic (exact) mass is 430 g/mol. The molecule has 0 bridgehead atoms. The van der Waals surface area contributed by atoms with E-state index in [0.717, 1.165) is 15.1 Å². The van der Waals surface area contributed by atoms with Crippen LogP contribution in [0, 0.1) is 0 Å². The minimum absolute atomic E-state index is 0.435. The van der Waals surface area contributed by atoms with Gasteiger partial charge >= 0.3 is 0 Å². The summed E-state index contributed by atoms with van der Waals surface area (Å²) >= 11 is 10.6. The first-order valence-corrected chi connectivity index (χ1v) is 10.1. The second-order valence-electron chi connectivity index (χ2n) is 6.80. The van der Waals surface area contributed by atoms with Gasteiger partial charge in [-0.3, -0.25) is 0 Å². The Labute approximate surface area is 172 Å². The molecular formula is C25H16BrCl. The fraction of sp³-hybridized carbons (Fsp3) is 0.0400. The van der Waals surface area contributed by atoms with Crippen molar-refractivity contribution in [1.82, 2.24) is 0 Å². The molecular weight excluding hydrogens is 416 g/mol. The van der Waals surface area contributed by atoms with E-state index in [0.29, 0.717) is 0 Å². The van der Waals surface area contributed by atoms with Crippen molar-refractivity contribution in [2.75, 3.05) is 0 Å².